The van der Waals surface area contributed by atoms with Gasteiger partial charge in [0.2, 0.25) is 0 Å². The van der Waals surface area contributed by atoms with E-state index in [-0.39, 0.29) is 6.03 Å². The van der Waals surface area contributed by atoms with Gasteiger partial charge < -0.3 is 15.0 Å². The van der Waals surface area contributed by atoms with Crippen molar-refractivity contribution in [2.75, 3.05) is 37.5 Å². The first-order valence-electron chi connectivity index (χ1n) is 9.07. The van der Waals surface area contributed by atoms with Crippen molar-refractivity contribution in [1.82, 2.24) is 20.1 Å². The Labute approximate surface area is 163 Å². The van der Waals surface area contributed by atoms with Gasteiger partial charge in [-0.1, -0.05) is 12.1 Å². The summed E-state index contributed by atoms with van der Waals surface area (Å²) in [6.45, 7) is 1.79. The minimum atomic E-state index is -0.0477. The van der Waals surface area contributed by atoms with Gasteiger partial charge in [-0.3, -0.25) is 10.00 Å². The zero-order chi connectivity index (χ0) is 19.5. The molecule has 0 atom stereocenters. The summed E-state index contributed by atoms with van der Waals surface area (Å²) in [6.07, 6.45) is 3.56. The molecule has 8 nitrogen and oxygen atoms in total. The zero-order valence-electron chi connectivity index (χ0n) is 15.8. The Balaban J connectivity index is 1.53. The second kappa shape index (κ2) is 7.59. The summed E-state index contributed by atoms with van der Waals surface area (Å²) in [6, 6.07) is 11.6. The lowest BCUT2D eigenvalue weighted by molar-refractivity contribution is 0.218. The van der Waals surface area contributed by atoms with E-state index in [2.05, 4.69) is 20.5 Å². The highest BCUT2D eigenvalue weighted by atomic mass is 16.5. The smallest absolute Gasteiger partial charge is 0.326 e. The van der Waals surface area contributed by atoms with Crippen molar-refractivity contribution in [2.24, 2.45) is 0 Å². The van der Waals surface area contributed by atoms with Gasteiger partial charge in [0.15, 0.2) is 0 Å². The van der Waals surface area contributed by atoms with Crippen LogP contribution in [-0.4, -0.2) is 53.4 Å². The lowest BCUT2D eigenvalue weighted by Gasteiger charge is -2.19. The first-order chi connectivity index (χ1) is 13.7. The van der Waals surface area contributed by atoms with Crippen molar-refractivity contribution in [2.45, 2.75) is 6.54 Å². The molecule has 1 aliphatic rings. The number of aromatic amines is 1. The molecular weight excluding hydrogens is 356 g/mol. The summed E-state index contributed by atoms with van der Waals surface area (Å²) in [5.74, 6) is 2.13. The van der Waals surface area contributed by atoms with Crippen LogP contribution in [0.25, 0.3) is 11.1 Å². The predicted octanol–water partition coefficient (Wildman–Crippen LogP) is 2.96. The Bertz CT molecular complexity index is 973. The van der Waals surface area contributed by atoms with E-state index in [9.17, 15) is 4.79 Å². The first-order valence-corrected chi connectivity index (χ1v) is 9.07. The summed E-state index contributed by atoms with van der Waals surface area (Å²) < 4.78 is 5.27. The van der Waals surface area contributed by atoms with Gasteiger partial charge in [0.1, 0.15) is 17.4 Å². The molecule has 0 radical (unpaired) electrons. The topological polar surface area (TPSA) is 86.4 Å². The summed E-state index contributed by atoms with van der Waals surface area (Å²) in [4.78, 5) is 21.1. The Kier molecular flexibility index (Phi) is 4.84. The van der Waals surface area contributed by atoms with Crippen molar-refractivity contribution >= 4 is 17.7 Å². The van der Waals surface area contributed by atoms with Gasteiger partial charge in [0, 0.05) is 44.0 Å². The summed E-state index contributed by atoms with van der Waals surface area (Å²) >= 11 is 0. The molecule has 2 aromatic heterocycles. The van der Waals surface area contributed by atoms with E-state index in [1.807, 2.05) is 54.5 Å². The fourth-order valence-corrected chi connectivity index (χ4v) is 3.35. The molecular formula is C20H22N6O2. The molecule has 1 fully saturated rings. The number of methoxy groups -OCH3 is 1. The third-order valence-electron chi connectivity index (χ3n) is 4.81. The van der Waals surface area contributed by atoms with Gasteiger partial charge in [-0.2, -0.15) is 5.10 Å². The highest BCUT2D eigenvalue weighted by Gasteiger charge is 2.30. The molecule has 1 aliphatic heterocycles. The van der Waals surface area contributed by atoms with Crippen molar-refractivity contribution in [1.29, 1.82) is 0 Å². The van der Waals surface area contributed by atoms with E-state index < -0.39 is 0 Å². The van der Waals surface area contributed by atoms with Gasteiger partial charge in [0.05, 0.1) is 13.3 Å². The molecule has 3 aromatic rings. The lowest BCUT2D eigenvalue weighted by Crippen LogP contribution is -2.32. The van der Waals surface area contributed by atoms with Gasteiger partial charge >= 0.3 is 6.03 Å². The number of anilines is 2. The molecule has 3 heterocycles. The number of rotatable bonds is 6. The minimum Gasteiger partial charge on any atom is -0.497 e. The molecule has 2 N–H and O–H groups in total. The highest BCUT2D eigenvalue weighted by Crippen LogP contribution is 2.29. The zero-order valence-corrected chi connectivity index (χ0v) is 15.8. The number of amides is 2. The van der Waals surface area contributed by atoms with Crippen LogP contribution in [0.4, 0.5) is 16.4 Å². The maximum atomic E-state index is 12.9. The number of H-pyrrole nitrogens is 1. The molecule has 0 unspecified atom stereocenters. The molecule has 0 spiro atoms. The third-order valence-corrected chi connectivity index (χ3v) is 4.81. The van der Waals surface area contributed by atoms with E-state index in [1.54, 1.807) is 18.2 Å². The Morgan fingerprint density at radius 1 is 1.25 bits per heavy atom. The normalized spacial score (nSPS) is 13.9. The number of urea groups is 1. The number of aromatic nitrogens is 3. The average Bonchev–Trinajstić information content (AvgIpc) is 3.38. The summed E-state index contributed by atoms with van der Waals surface area (Å²) in [5.41, 5.74) is 2.91. The molecule has 28 heavy (non-hydrogen) atoms. The molecule has 1 aromatic carbocycles. The minimum absolute atomic E-state index is 0.0477. The fourth-order valence-electron chi connectivity index (χ4n) is 3.35. The molecule has 1 saturated heterocycles. The highest BCUT2D eigenvalue weighted by molar-refractivity contribution is 5.94. The van der Waals surface area contributed by atoms with Crippen LogP contribution in [0.5, 0.6) is 5.75 Å². The number of benzene rings is 1. The first kappa shape index (κ1) is 17.8. The van der Waals surface area contributed by atoms with Crippen LogP contribution in [0.15, 0.2) is 48.8 Å². The summed E-state index contributed by atoms with van der Waals surface area (Å²) in [5, 5.41) is 9.90. The second-order valence-corrected chi connectivity index (χ2v) is 6.51. The maximum Gasteiger partial charge on any atom is 0.326 e. The molecule has 2 amide bonds. The fraction of sp³-hybridized carbons (Fsp3) is 0.250. The van der Waals surface area contributed by atoms with Crippen molar-refractivity contribution in [3.8, 4) is 16.9 Å². The van der Waals surface area contributed by atoms with Crippen molar-refractivity contribution in [3.05, 3.63) is 54.4 Å². The van der Waals surface area contributed by atoms with E-state index >= 15 is 0 Å². The molecule has 8 heteroatoms. The number of ether oxygens (including phenoxy) is 1. The third kappa shape index (κ3) is 3.36. The number of carbonyl (C=O) groups is 1. The average molecular weight is 378 g/mol. The van der Waals surface area contributed by atoms with Gasteiger partial charge in [0.25, 0.3) is 0 Å². The largest absolute Gasteiger partial charge is 0.497 e. The van der Waals surface area contributed by atoms with Gasteiger partial charge in [-0.15, -0.1) is 0 Å². The quantitative estimate of drug-likeness (QED) is 0.689. The maximum absolute atomic E-state index is 12.9. The Hall–Kier alpha value is -3.55. The number of pyridine rings is 1. The number of carbonyl (C=O) groups excluding carboxylic acids is 1. The second-order valence-electron chi connectivity index (χ2n) is 6.51. The van der Waals surface area contributed by atoms with Crippen molar-refractivity contribution < 1.29 is 9.53 Å². The SMILES string of the molecule is CNc1nc(N2CCN(Cc3cccc(OC)c3)C2=O)ccc1-c1cn[nH]c1. The monoisotopic (exact) mass is 378 g/mol. The predicted molar refractivity (Wildman–Crippen MR) is 108 cm³/mol. The molecule has 0 saturated carbocycles. The molecule has 0 aliphatic carbocycles. The van der Waals surface area contributed by atoms with Crippen LogP contribution in [0.3, 0.4) is 0 Å². The summed E-state index contributed by atoms with van der Waals surface area (Å²) in [7, 11) is 3.46. The molecule has 144 valence electrons. The van der Waals surface area contributed by atoms with Crippen LogP contribution < -0.4 is 15.0 Å². The number of hydrogen-bond acceptors (Lipinski definition) is 5. The van der Waals surface area contributed by atoms with Crippen LogP contribution in [0, 0.1) is 0 Å². The van der Waals surface area contributed by atoms with Crippen LogP contribution in [0.1, 0.15) is 5.56 Å². The Morgan fingerprint density at radius 3 is 2.89 bits per heavy atom. The number of hydrogen-bond donors (Lipinski definition) is 2. The van der Waals surface area contributed by atoms with Crippen LogP contribution in [-0.2, 0) is 6.54 Å². The van der Waals surface area contributed by atoms with Crippen molar-refractivity contribution in [3.63, 3.8) is 0 Å². The van der Waals surface area contributed by atoms with E-state index in [4.69, 9.17) is 4.74 Å². The standard InChI is InChI=1S/C20H22N6O2/c1-21-19-17(15-11-22-23-12-15)6-7-18(24-19)26-9-8-25(20(26)27)13-14-4-3-5-16(10-14)28-2/h3-7,10-12H,8-9,13H2,1-2H3,(H,21,24)(H,22,23). The van der Waals surface area contributed by atoms with Gasteiger partial charge in [-0.25, -0.2) is 9.78 Å². The lowest BCUT2D eigenvalue weighted by atomic mass is 10.1. The van der Waals surface area contributed by atoms with E-state index in [1.165, 1.54) is 0 Å². The molecule has 0 bridgehead atoms. The van der Waals surface area contributed by atoms with Crippen LogP contribution >= 0.6 is 0 Å². The van der Waals surface area contributed by atoms with Gasteiger partial charge in [-0.05, 0) is 29.8 Å². The Morgan fingerprint density at radius 2 is 2.14 bits per heavy atom. The number of nitrogens with zero attached hydrogens (tertiary/aromatic N) is 4. The number of nitrogens with one attached hydrogen (secondary N) is 2. The van der Waals surface area contributed by atoms with E-state index in [0.29, 0.717) is 31.3 Å². The van der Waals surface area contributed by atoms with E-state index in [0.717, 1.165) is 22.4 Å². The molecule has 4 rings (SSSR count). The van der Waals surface area contributed by atoms with Crippen LogP contribution in [0.2, 0.25) is 0 Å².